The summed E-state index contributed by atoms with van der Waals surface area (Å²) in [6.07, 6.45) is 2.09. The molecule has 0 radical (unpaired) electrons. The van der Waals surface area contributed by atoms with E-state index in [1.165, 1.54) is 0 Å². The number of aromatic nitrogens is 2. The Balaban J connectivity index is 2.92. The third-order valence-electron chi connectivity index (χ3n) is 2.21. The Morgan fingerprint density at radius 1 is 1.40 bits per heavy atom. The number of aryl methyl sites for hydroxylation is 1. The first-order valence-corrected chi connectivity index (χ1v) is 5.30. The molecule has 0 aromatic carbocycles. The fourth-order valence-corrected chi connectivity index (χ4v) is 1.49. The Hall–Kier alpha value is -0.960. The molecule has 0 aliphatic rings. The molecule has 3 nitrogen and oxygen atoms in total. The van der Waals surface area contributed by atoms with Crippen LogP contribution in [0, 0.1) is 12.3 Å². The van der Waals surface area contributed by atoms with Crippen molar-refractivity contribution in [1.29, 1.82) is 0 Å². The topological polar surface area (TPSA) is 46.0 Å². The zero-order valence-corrected chi connectivity index (χ0v) is 10.2. The molecule has 0 bridgehead atoms. The lowest BCUT2D eigenvalue weighted by molar-refractivity contribution is 0.197. The molecule has 1 atom stereocenters. The van der Waals surface area contributed by atoms with Crippen molar-refractivity contribution in [3.63, 3.8) is 0 Å². The van der Waals surface area contributed by atoms with E-state index in [4.69, 9.17) is 0 Å². The van der Waals surface area contributed by atoms with Crippen molar-refractivity contribution >= 4 is 0 Å². The highest BCUT2D eigenvalue weighted by atomic mass is 16.3. The predicted molar refractivity (Wildman–Crippen MR) is 60.6 cm³/mol. The van der Waals surface area contributed by atoms with Crippen molar-refractivity contribution in [3.05, 3.63) is 23.3 Å². The zero-order chi connectivity index (χ0) is 11.6. The van der Waals surface area contributed by atoms with Gasteiger partial charge in [-0.25, -0.2) is 9.97 Å². The maximum absolute atomic E-state index is 9.45. The minimum absolute atomic E-state index is 0.193. The van der Waals surface area contributed by atoms with Gasteiger partial charge in [-0.05, 0) is 19.3 Å². The standard InChI is InChI=1S/C12H20N2O/c1-8-10(9(2)15)7-13-11(14-8)6-12(3,4)5/h7,9,15H,6H2,1-5H3/t9-/m1/s1. The number of rotatable bonds is 2. The van der Waals surface area contributed by atoms with Gasteiger partial charge >= 0.3 is 0 Å². The van der Waals surface area contributed by atoms with Gasteiger partial charge in [0.05, 0.1) is 6.10 Å². The highest BCUT2D eigenvalue weighted by Gasteiger charge is 2.15. The van der Waals surface area contributed by atoms with Gasteiger partial charge < -0.3 is 5.11 Å². The van der Waals surface area contributed by atoms with Gasteiger partial charge in [-0.1, -0.05) is 20.8 Å². The van der Waals surface area contributed by atoms with Crippen LogP contribution in [-0.2, 0) is 6.42 Å². The van der Waals surface area contributed by atoms with Crippen LogP contribution in [0.15, 0.2) is 6.20 Å². The second-order valence-electron chi connectivity index (χ2n) is 5.24. The Kier molecular flexibility index (Phi) is 3.45. The Bertz CT molecular complexity index is 340. The van der Waals surface area contributed by atoms with Gasteiger partial charge in [-0.3, -0.25) is 0 Å². The highest BCUT2D eigenvalue weighted by molar-refractivity contribution is 5.18. The van der Waals surface area contributed by atoms with Crippen LogP contribution in [0.2, 0.25) is 0 Å². The summed E-state index contributed by atoms with van der Waals surface area (Å²) in [6, 6.07) is 0. The molecular weight excluding hydrogens is 188 g/mol. The summed E-state index contributed by atoms with van der Waals surface area (Å²) in [7, 11) is 0. The van der Waals surface area contributed by atoms with Gasteiger partial charge in [0.15, 0.2) is 0 Å². The summed E-state index contributed by atoms with van der Waals surface area (Å²) < 4.78 is 0. The lowest BCUT2D eigenvalue weighted by Crippen LogP contribution is -2.13. The van der Waals surface area contributed by atoms with E-state index in [0.717, 1.165) is 23.5 Å². The maximum atomic E-state index is 9.45. The van der Waals surface area contributed by atoms with E-state index in [-0.39, 0.29) is 5.41 Å². The Morgan fingerprint density at radius 3 is 2.40 bits per heavy atom. The molecule has 1 rings (SSSR count). The summed E-state index contributed by atoms with van der Waals surface area (Å²) in [5.74, 6) is 0.851. The molecule has 0 unspecified atom stereocenters. The molecule has 0 aliphatic carbocycles. The van der Waals surface area contributed by atoms with Gasteiger partial charge in [-0.15, -0.1) is 0 Å². The third-order valence-corrected chi connectivity index (χ3v) is 2.21. The number of aliphatic hydroxyl groups excluding tert-OH is 1. The first-order chi connectivity index (χ1) is 6.79. The Labute approximate surface area is 91.6 Å². The molecule has 0 amide bonds. The predicted octanol–water partition coefficient (Wildman–Crippen LogP) is 2.43. The van der Waals surface area contributed by atoms with Crippen molar-refractivity contribution in [2.24, 2.45) is 5.41 Å². The third kappa shape index (κ3) is 3.59. The lowest BCUT2D eigenvalue weighted by Gasteiger charge is -2.17. The quantitative estimate of drug-likeness (QED) is 0.812. The summed E-state index contributed by atoms with van der Waals surface area (Å²) in [4.78, 5) is 8.68. The van der Waals surface area contributed by atoms with Crippen molar-refractivity contribution < 1.29 is 5.11 Å². The van der Waals surface area contributed by atoms with Crippen LogP contribution in [0.1, 0.15) is 50.9 Å². The molecular formula is C12H20N2O. The van der Waals surface area contributed by atoms with E-state index in [9.17, 15) is 5.11 Å². The number of aliphatic hydroxyl groups is 1. The highest BCUT2D eigenvalue weighted by Crippen LogP contribution is 2.20. The fourth-order valence-electron chi connectivity index (χ4n) is 1.49. The largest absolute Gasteiger partial charge is 0.389 e. The summed E-state index contributed by atoms with van der Waals surface area (Å²) in [6.45, 7) is 10.1. The molecule has 1 aromatic heterocycles. The minimum atomic E-state index is -0.492. The average molecular weight is 208 g/mol. The molecule has 1 heterocycles. The monoisotopic (exact) mass is 208 g/mol. The van der Waals surface area contributed by atoms with Crippen LogP contribution >= 0.6 is 0 Å². The lowest BCUT2D eigenvalue weighted by atomic mass is 9.92. The molecule has 0 saturated heterocycles. The first-order valence-electron chi connectivity index (χ1n) is 5.30. The van der Waals surface area contributed by atoms with Gasteiger partial charge in [0, 0.05) is 23.9 Å². The number of hydrogen-bond acceptors (Lipinski definition) is 3. The summed E-state index contributed by atoms with van der Waals surface area (Å²) in [5, 5.41) is 9.45. The van der Waals surface area contributed by atoms with Gasteiger partial charge in [0.25, 0.3) is 0 Å². The van der Waals surface area contributed by atoms with Gasteiger partial charge in [0.1, 0.15) is 5.82 Å². The van der Waals surface area contributed by atoms with Gasteiger partial charge in [-0.2, -0.15) is 0 Å². The van der Waals surface area contributed by atoms with Crippen molar-refractivity contribution in [2.45, 2.75) is 47.1 Å². The van der Waals surface area contributed by atoms with Crippen LogP contribution in [0.3, 0.4) is 0 Å². The van der Waals surface area contributed by atoms with Crippen molar-refractivity contribution in [1.82, 2.24) is 9.97 Å². The fraction of sp³-hybridized carbons (Fsp3) is 0.667. The molecule has 3 heteroatoms. The van der Waals surface area contributed by atoms with E-state index < -0.39 is 6.10 Å². The normalized spacial score (nSPS) is 14.0. The van der Waals surface area contributed by atoms with Crippen LogP contribution in [0.4, 0.5) is 0 Å². The van der Waals surface area contributed by atoms with E-state index in [1.54, 1.807) is 13.1 Å². The second-order valence-corrected chi connectivity index (χ2v) is 5.24. The van der Waals surface area contributed by atoms with Crippen molar-refractivity contribution in [2.75, 3.05) is 0 Å². The van der Waals surface area contributed by atoms with E-state index in [2.05, 4.69) is 30.7 Å². The number of hydrogen-bond donors (Lipinski definition) is 1. The summed E-state index contributed by atoms with van der Waals surface area (Å²) in [5.41, 5.74) is 1.88. The van der Waals surface area contributed by atoms with Crippen LogP contribution < -0.4 is 0 Å². The summed E-state index contributed by atoms with van der Waals surface area (Å²) >= 11 is 0. The average Bonchev–Trinajstić information content (AvgIpc) is 1.99. The molecule has 1 N–H and O–H groups in total. The zero-order valence-electron chi connectivity index (χ0n) is 10.2. The van der Waals surface area contributed by atoms with E-state index in [1.807, 2.05) is 6.92 Å². The Morgan fingerprint density at radius 2 is 2.00 bits per heavy atom. The maximum Gasteiger partial charge on any atom is 0.129 e. The SMILES string of the molecule is Cc1nc(CC(C)(C)C)ncc1[C@@H](C)O. The van der Waals surface area contributed by atoms with Crippen LogP contribution in [0.25, 0.3) is 0 Å². The molecule has 1 aromatic rings. The minimum Gasteiger partial charge on any atom is -0.389 e. The molecule has 84 valence electrons. The van der Waals surface area contributed by atoms with Crippen molar-refractivity contribution in [3.8, 4) is 0 Å². The first kappa shape index (κ1) is 12.1. The van der Waals surface area contributed by atoms with Crippen LogP contribution in [-0.4, -0.2) is 15.1 Å². The van der Waals surface area contributed by atoms with Gasteiger partial charge in [0.2, 0.25) is 0 Å². The van der Waals surface area contributed by atoms with E-state index >= 15 is 0 Å². The number of nitrogens with zero attached hydrogens (tertiary/aromatic N) is 2. The molecule has 0 aliphatic heterocycles. The molecule has 15 heavy (non-hydrogen) atoms. The smallest absolute Gasteiger partial charge is 0.129 e. The van der Waals surface area contributed by atoms with E-state index in [0.29, 0.717) is 0 Å². The van der Waals surface area contributed by atoms with Crippen LogP contribution in [0.5, 0.6) is 0 Å². The second kappa shape index (κ2) is 4.27. The molecule has 0 saturated carbocycles. The molecule has 0 fully saturated rings. The molecule has 0 spiro atoms.